The predicted molar refractivity (Wildman–Crippen MR) is 186 cm³/mol. The molecule has 6 rings (SSSR count). The SMILES string of the molecule is c1ccc(CP(Cc2cccc(-c3ccccc3)c2CP(Cc2ccccc2)c2ccccc2)c2ccccc2)cc1. The van der Waals surface area contributed by atoms with Crippen LogP contribution in [0.1, 0.15) is 22.3 Å². The first-order valence-electron chi connectivity index (χ1n) is 14.7. The van der Waals surface area contributed by atoms with Crippen molar-refractivity contribution in [3.63, 3.8) is 0 Å². The standard InChI is InChI=1S/C40H36P2/c1-6-17-33(18-7-1)29-41(37-24-12-4-13-25-37)31-36-23-16-28-39(35-21-10-3-11-22-35)40(36)32-42(38-26-14-5-15-27-38)30-34-19-8-2-9-20-34/h1-28H,29-32H2. The zero-order chi connectivity index (χ0) is 28.4. The normalized spacial score (nSPS) is 12.5. The fourth-order valence-corrected chi connectivity index (χ4v) is 10.5. The molecular weight excluding hydrogens is 542 g/mol. The third-order valence-corrected chi connectivity index (χ3v) is 12.7. The van der Waals surface area contributed by atoms with Crippen LogP contribution in [0.25, 0.3) is 11.1 Å². The number of benzene rings is 6. The minimum atomic E-state index is -0.451. The van der Waals surface area contributed by atoms with E-state index < -0.39 is 15.8 Å². The third-order valence-electron chi connectivity index (χ3n) is 7.74. The van der Waals surface area contributed by atoms with E-state index in [1.807, 2.05) is 0 Å². The first-order chi connectivity index (χ1) is 20.8. The molecule has 0 aliphatic heterocycles. The Bertz CT molecular complexity index is 1650. The fourth-order valence-electron chi connectivity index (χ4n) is 5.62. The molecule has 0 radical (unpaired) electrons. The maximum absolute atomic E-state index is 2.41. The van der Waals surface area contributed by atoms with E-state index in [1.165, 1.54) is 44.0 Å². The van der Waals surface area contributed by atoms with Crippen LogP contribution in [0, 0.1) is 0 Å². The Morgan fingerprint density at radius 3 is 1.26 bits per heavy atom. The van der Waals surface area contributed by atoms with Crippen LogP contribution in [0.5, 0.6) is 0 Å². The molecule has 2 heteroatoms. The van der Waals surface area contributed by atoms with Crippen molar-refractivity contribution in [2.24, 2.45) is 0 Å². The van der Waals surface area contributed by atoms with E-state index in [-0.39, 0.29) is 0 Å². The Morgan fingerprint density at radius 1 is 0.333 bits per heavy atom. The zero-order valence-corrected chi connectivity index (χ0v) is 25.7. The molecule has 0 aliphatic rings. The molecular formula is C40H36P2. The lowest BCUT2D eigenvalue weighted by molar-refractivity contribution is 1.24. The third kappa shape index (κ3) is 7.33. The minimum Gasteiger partial charge on any atom is -0.0664 e. The fraction of sp³-hybridized carbons (Fsp3) is 0.100. The molecule has 0 saturated heterocycles. The molecule has 0 amide bonds. The molecule has 0 bridgehead atoms. The molecule has 0 aromatic heterocycles. The summed E-state index contributed by atoms with van der Waals surface area (Å²) in [6, 6.07) is 62.5. The monoisotopic (exact) mass is 578 g/mol. The second-order valence-corrected chi connectivity index (χ2v) is 15.1. The van der Waals surface area contributed by atoms with Gasteiger partial charge in [-0.2, -0.15) is 0 Å². The van der Waals surface area contributed by atoms with Crippen LogP contribution < -0.4 is 10.6 Å². The lowest BCUT2D eigenvalue weighted by atomic mass is 9.97. The summed E-state index contributed by atoms with van der Waals surface area (Å²) >= 11 is 0. The Hall–Kier alpha value is -3.82. The largest absolute Gasteiger partial charge is 0.0664 e. The van der Waals surface area contributed by atoms with Gasteiger partial charge in [-0.3, -0.25) is 0 Å². The van der Waals surface area contributed by atoms with Crippen molar-refractivity contribution in [3.8, 4) is 11.1 Å². The van der Waals surface area contributed by atoms with Gasteiger partial charge in [-0.25, -0.2) is 0 Å². The molecule has 0 heterocycles. The van der Waals surface area contributed by atoms with E-state index in [0.29, 0.717) is 0 Å². The van der Waals surface area contributed by atoms with Crippen LogP contribution >= 0.6 is 15.8 Å². The van der Waals surface area contributed by atoms with Gasteiger partial charge in [0.15, 0.2) is 0 Å². The van der Waals surface area contributed by atoms with Crippen LogP contribution in [0.3, 0.4) is 0 Å². The van der Waals surface area contributed by atoms with Crippen LogP contribution in [0.2, 0.25) is 0 Å². The summed E-state index contributed by atoms with van der Waals surface area (Å²) < 4.78 is 0. The Balaban J connectivity index is 1.43. The van der Waals surface area contributed by atoms with Gasteiger partial charge < -0.3 is 0 Å². The number of hydrogen-bond acceptors (Lipinski definition) is 0. The highest BCUT2D eigenvalue weighted by Gasteiger charge is 2.21. The van der Waals surface area contributed by atoms with E-state index >= 15 is 0 Å². The van der Waals surface area contributed by atoms with E-state index in [2.05, 4.69) is 170 Å². The van der Waals surface area contributed by atoms with Gasteiger partial charge in [0.2, 0.25) is 0 Å². The van der Waals surface area contributed by atoms with Crippen molar-refractivity contribution in [3.05, 3.63) is 192 Å². The molecule has 6 aromatic carbocycles. The average Bonchev–Trinajstić information content (AvgIpc) is 3.07. The van der Waals surface area contributed by atoms with Gasteiger partial charge in [-0.15, -0.1) is 0 Å². The van der Waals surface area contributed by atoms with Crippen LogP contribution in [-0.4, -0.2) is 0 Å². The molecule has 0 N–H and O–H groups in total. The van der Waals surface area contributed by atoms with E-state index in [1.54, 1.807) is 0 Å². The van der Waals surface area contributed by atoms with Crippen molar-refractivity contribution in [2.45, 2.75) is 24.6 Å². The van der Waals surface area contributed by atoms with Crippen molar-refractivity contribution in [1.82, 2.24) is 0 Å². The second-order valence-electron chi connectivity index (χ2n) is 10.7. The maximum atomic E-state index is 2.41. The van der Waals surface area contributed by atoms with Gasteiger partial charge in [0.25, 0.3) is 0 Å². The van der Waals surface area contributed by atoms with Gasteiger partial charge in [0, 0.05) is 0 Å². The van der Waals surface area contributed by atoms with Gasteiger partial charge >= 0.3 is 0 Å². The summed E-state index contributed by atoms with van der Waals surface area (Å²) in [7, 11) is -0.877. The average molecular weight is 579 g/mol. The molecule has 2 unspecified atom stereocenters. The molecule has 6 aromatic rings. The highest BCUT2D eigenvalue weighted by molar-refractivity contribution is 7.64. The van der Waals surface area contributed by atoms with Crippen LogP contribution in [0.4, 0.5) is 0 Å². The van der Waals surface area contributed by atoms with Crippen molar-refractivity contribution < 1.29 is 0 Å². The van der Waals surface area contributed by atoms with E-state index in [4.69, 9.17) is 0 Å². The topological polar surface area (TPSA) is 0 Å². The summed E-state index contributed by atoms with van der Waals surface area (Å²) in [5, 5.41) is 2.95. The van der Waals surface area contributed by atoms with Crippen molar-refractivity contribution in [2.75, 3.05) is 0 Å². The quantitative estimate of drug-likeness (QED) is 0.134. The van der Waals surface area contributed by atoms with Gasteiger partial charge in [0.05, 0.1) is 0 Å². The summed E-state index contributed by atoms with van der Waals surface area (Å²) in [4.78, 5) is 0. The molecule has 206 valence electrons. The predicted octanol–water partition coefficient (Wildman–Crippen LogP) is 10.4. The first-order valence-corrected chi connectivity index (χ1v) is 18.1. The Labute approximate surface area is 253 Å². The molecule has 2 atom stereocenters. The van der Waals surface area contributed by atoms with Crippen LogP contribution in [0.15, 0.2) is 170 Å². The maximum Gasteiger partial charge on any atom is -0.00208 e. The highest BCUT2D eigenvalue weighted by atomic mass is 31.1. The van der Waals surface area contributed by atoms with E-state index in [9.17, 15) is 0 Å². The van der Waals surface area contributed by atoms with Gasteiger partial charge in [-0.05, 0) is 68.6 Å². The number of rotatable bonds is 11. The summed E-state index contributed by atoms with van der Waals surface area (Å²) in [6.45, 7) is 0. The molecule has 0 nitrogen and oxygen atoms in total. The number of hydrogen-bond donors (Lipinski definition) is 0. The lowest BCUT2D eigenvalue weighted by Crippen LogP contribution is -2.09. The first kappa shape index (κ1) is 28.3. The Kier molecular flexibility index (Phi) is 9.69. The Morgan fingerprint density at radius 2 is 0.762 bits per heavy atom. The molecule has 0 aliphatic carbocycles. The molecule has 0 spiro atoms. The van der Waals surface area contributed by atoms with Crippen molar-refractivity contribution in [1.29, 1.82) is 0 Å². The molecule has 42 heavy (non-hydrogen) atoms. The molecule has 0 saturated carbocycles. The zero-order valence-electron chi connectivity index (χ0n) is 23.9. The molecule has 0 fully saturated rings. The van der Waals surface area contributed by atoms with E-state index in [0.717, 1.165) is 24.6 Å². The minimum absolute atomic E-state index is 0.426. The second kappa shape index (κ2) is 14.4. The van der Waals surface area contributed by atoms with Crippen LogP contribution in [-0.2, 0) is 24.6 Å². The smallest absolute Gasteiger partial charge is 0.00208 e. The summed E-state index contributed by atoms with van der Waals surface area (Å²) in [6.07, 6.45) is 4.32. The lowest BCUT2D eigenvalue weighted by Gasteiger charge is -2.25. The van der Waals surface area contributed by atoms with Crippen molar-refractivity contribution >= 4 is 26.5 Å². The highest BCUT2D eigenvalue weighted by Crippen LogP contribution is 2.49. The van der Waals surface area contributed by atoms with Gasteiger partial charge in [0.1, 0.15) is 0 Å². The van der Waals surface area contributed by atoms with Gasteiger partial charge in [-0.1, -0.05) is 186 Å². The summed E-state index contributed by atoms with van der Waals surface area (Å²) in [5.41, 5.74) is 8.55. The summed E-state index contributed by atoms with van der Waals surface area (Å²) in [5.74, 6) is 0.